The van der Waals surface area contributed by atoms with E-state index in [0.717, 1.165) is 57.4 Å². The minimum Gasteiger partial charge on any atom is -0.379 e. The van der Waals surface area contributed by atoms with Crippen LogP contribution in [0.5, 0.6) is 0 Å². The van der Waals surface area contributed by atoms with Gasteiger partial charge in [0.25, 0.3) is 0 Å². The predicted molar refractivity (Wildman–Crippen MR) is 85.6 cm³/mol. The molecule has 7 nitrogen and oxygen atoms in total. The number of hydrogen-bond acceptors (Lipinski definition) is 7. The van der Waals surface area contributed by atoms with Crippen LogP contribution in [0.25, 0.3) is 0 Å². The molecule has 0 aromatic carbocycles. The van der Waals surface area contributed by atoms with Crippen molar-refractivity contribution in [3.8, 4) is 0 Å². The topological polar surface area (TPSA) is 88.3 Å². The normalized spacial score (nSPS) is 17.4. The minimum absolute atomic E-state index is 0.288. The van der Waals surface area contributed by atoms with Crippen LogP contribution in [0.1, 0.15) is 20.3 Å². The third-order valence-corrected chi connectivity index (χ3v) is 3.33. The Kier molecular flexibility index (Phi) is 6.01. The summed E-state index contributed by atoms with van der Waals surface area (Å²) in [6, 6.07) is 2.19. The van der Waals surface area contributed by atoms with E-state index in [4.69, 9.17) is 10.5 Å². The Morgan fingerprint density at radius 2 is 2.05 bits per heavy atom. The Bertz CT molecular complexity index is 435. The highest BCUT2D eigenvalue weighted by atomic mass is 16.5. The zero-order valence-electron chi connectivity index (χ0n) is 12.9. The van der Waals surface area contributed by atoms with Crippen LogP contribution in [0.4, 0.5) is 17.6 Å². The quantitative estimate of drug-likeness (QED) is 0.691. The van der Waals surface area contributed by atoms with Crippen molar-refractivity contribution in [3.05, 3.63) is 6.07 Å². The maximum atomic E-state index is 5.76. The van der Waals surface area contributed by atoms with Crippen LogP contribution in [0.15, 0.2) is 6.07 Å². The van der Waals surface area contributed by atoms with Crippen molar-refractivity contribution in [1.82, 2.24) is 14.9 Å². The molecule has 1 aliphatic heterocycles. The molecule has 2 heterocycles. The fraction of sp³-hybridized carbons (Fsp3) is 0.714. The molecule has 1 unspecified atom stereocenters. The summed E-state index contributed by atoms with van der Waals surface area (Å²) in [5, 5.41) is 6.63. The van der Waals surface area contributed by atoms with Gasteiger partial charge in [-0.2, -0.15) is 9.97 Å². The zero-order valence-corrected chi connectivity index (χ0v) is 12.9. The molecule has 1 aromatic rings. The second kappa shape index (κ2) is 7.99. The Labute approximate surface area is 126 Å². The van der Waals surface area contributed by atoms with Gasteiger partial charge in [-0.3, -0.25) is 4.90 Å². The molecule has 0 radical (unpaired) electrons. The first kappa shape index (κ1) is 15.8. The van der Waals surface area contributed by atoms with Crippen LogP contribution in [-0.2, 0) is 4.74 Å². The second-order valence-electron chi connectivity index (χ2n) is 5.38. The number of nitrogens with zero attached hydrogens (tertiary/aromatic N) is 3. The van der Waals surface area contributed by atoms with Gasteiger partial charge in [0.2, 0.25) is 5.95 Å². The Morgan fingerprint density at radius 3 is 2.76 bits per heavy atom. The molecular weight excluding hydrogens is 268 g/mol. The molecule has 1 aromatic heterocycles. The third kappa shape index (κ3) is 5.35. The number of nitrogens with two attached hydrogens (primary N) is 1. The van der Waals surface area contributed by atoms with Gasteiger partial charge in [-0.1, -0.05) is 6.92 Å². The van der Waals surface area contributed by atoms with E-state index >= 15 is 0 Å². The van der Waals surface area contributed by atoms with E-state index in [0.29, 0.717) is 0 Å². The number of anilines is 3. The maximum absolute atomic E-state index is 5.76. The predicted octanol–water partition coefficient (Wildman–Crippen LogP) is 1.01. The number of hydrogen-bond donors (Lipinski definition) is 3. The van der Waals surface area contributed by atoms with E-state index in [1.54, 1.807) is 0 Å². The molecule has 0 bridgehead atoms. The number of aromatic nitrogens is 2. The Morgan fingerprint density at radius 1 is 1.33 bits per heavy atom. The lowest BCUT2D eigenvalue weighted by Gasteiger charge is -2.29. The van der Waals surface area contributed by atoms with Crippen molar-refractivity contribution < 1.29 is 4.74 Å². The van der Waals surface area contributed by atoms with Crippen molar-refractivity contribution in [1.29, 1.82) is 0 Å². The fourth-order valence-corrected chi connectivity index (χ4v) is 2.35. The van der Waals surface area contributed by atoms with Crippen LogP contribution in [-0.4, -0.2) is 60.3 Å². The van der Waals surface area contributed by atoms with E-state index in [1.165, 1.54) is 0 Å². The molecule has 1 saturated heterocycles. The number of morpholine rings is 1. The van der Waals surface area contributed by atoms with Gasteiger partial charge in [-0.15, -0.1) is 0 Å². The first-order chi connectivity index (χ1) is 10.2. The lowest BCUT2D eigenvalue weighted by molar-refractivity contribution is 0.0368. The largest absolute Gasteiger partial charge is 0.379 e. The SMILES string of the molecule is CCCNc1cc(NC(C)CN2CCOCC2)nc(N)n1. The monoisotopic (exact) mass is 294 g/mol. The van der Waals surface area contributed by atoms with E-state index in [2.05, 4.69) is 39.3 Å². The highest BCUT2D eigenvalue weighted by Gasteiger charge is 2.14. The van der Waals surface area contributed by atoms with Crippen molar-refractivity contribution >= 4 is 17.6 Å². The average Bonchev–Trinajstić information content (AvgIpc) is 2.45. The van der Waals surface area contributed by atoms with Crippen LogP contribution in [0, 0.1) is 0 Å². The van der Waals surface area contributed by atoms with Gasteiger partial charge in [0, 0.05) is 38.3 Å². The molecule has 118 valence electrons. The standard InChI is InChI=1S/C14H26N6O/c1-3-4-16-12-9-13(19-14(15)18-12)17-11(2)10-20-5-7-21-8-6-20/h9,11H,3-8,10H2,1-2H3,(H4,15,16,17,18,19). The molecule has 0 spiro atoms. The number of nitrogens with one attached hydrogen (secondary N) is 2. The molecule has 0 aliphatic carbocycles. The molecule has 7 heteroatoms. The smallest absolute Gasteiger partial charge is 0.223 e. The van der Waals surface area contributed by atoms with Crippen LogP contribution in [0.2, 0.25) is 0 Å². The van der Waals surface area contributed by atoms with E-state index < -0.39 is 0 Å². The molecule has 21 heavy (non-hydrogen) atoms. The van der Waals surface area contributed by atoms with Gasteiger partial charge in [0.05, 0.1) is 13.2 Å². The summed E-state index contributed by atoms with van der Waals surface area (Å²) in [7, 11) is 0. The van der Waals surface area contributed by atoms with Gasteiger partial charge in [0.1, 0.15) is 11.6 Å². The number of ether oxygens (including phenoxy) is 1. The summed E-state index contributed by atoms with van der Waals surface area (Å²) in [6.07, 6.45) is 1.04. The first-order valence-electron chi connectivity index (χ1n) is 7.62. The summed E-state index contributed by atoms with van der Waals surface area (Å²) in [5.41, 5.74) is 5.76. The van der Waals surface area contributed by atoms with Crippen LogP contribution in [0.3, 0.4) is 0 Å². The summed E-state index contributed by atoms with van der Waals surface area (Å²) in [4.78, 5) is 10.8. The summed E-state index contributed by atoms with van der Waals surface area (Å²) in [5.74, 6) is 1.82. The Hall–Kier alpha value is -1.60. The highest BCUT2D eigenvalue weighted by molar-refractivity contribution is 5.51. The molecule has 1 fully saturated rings. The maximum Gasteiger partial charge on any atom is 0.223 e. The molecule has 2 rings (SSSR count). The van der Waals surface area contributed by atoms with Crippen LogP contribution >= 0.6 is 0 Å². The molecule has 0 saturated carbocycles. The molecule has 0 amide bonds. The third-order valence-electron chi connectivity index (χ3n) is 3.33. The molecular formula is C14H26N6O. The molecule has 4 N–H and O–H groups in total. The van der Waals surface area contributed by atoms with E-state index in [-0.39, 0.29) is 12.0 Å². The van der Waals surface area contributed by atoms with Gasteiger partial charge in [-0.25, -0.2) is 0 Å². The van der Waals surface area contributed by atoms with Gasteiger partial charge in [0.15, 0.2) is 0 Å². The lowest BCUT2D eigenvalue weighted by Crippen LogP contribution is -2.42. The molecule has 1 aliphatic rings. The van der Waals surface area contributed by atoms with Gasteiger partial charge >= 0.3 is 0 Å². The zero-order chi connectivity index (χ0) is 15.1. The summed E-state index contributed by atoms with van der Waals surface area (Å²) >= 11 is 0. The lowest BCUT2D eigenvalue weighted by atomic mass is 10.3. The van der Waals surface area contributed by atoms with Gasteiger partial charge < -0.3 is 21.1 Å². The van der Waals surface area contributed by atoms with E-state index in [9.17, 15) is 0 Å². The van der Waals surface area contributed by atoms with Crippen LogP contribution < -0.4 is 16.4 Å². The summed E-state index contributed by atoms with van der Waals surface area (Å²) in [6.45, 7) is 9.71. The Balaban J connectivity index is 1.89. The van der Waals surface area contributed by atoms with Crippen molar-refractivity contribution in [2.45, 2.75) is 26.3 Å². The number of rotatable bonds is 7. The van der Waals surface area contributed by atoms with Crippen molar-refractivity contribution in [3.63, 3.8) is 0 Å². The highest BCUT2D eigenvalue weighted by Crippen LogP contribution is 2.14. The number of nitrogen functional groups attached to an aromatic ring is 1. The van der Waals surface area contributed by atoms with E-state index in [1.807, 2.05) is 6.07 Å². The average molecular weight is 294 g/mol. The van der Waals surface area contributed by atoms with Gasteiger partial charge in [-0.05, 0) is 13.3 Å². The fourth-order valence-electron chi connectivity index (χ4n) is 2.35. The first-order valence-corrected chi connectivity index (χ1v) is 7.62. The second-order valence-corrected chi connectivity index (χ2v) is 5.38. The van der Waals surface area contributed by atoms with Crippen molar-refractivity contribution in [2.75, 3.05) is 55.8 Å². The molecule has 1 atom stereocenters. The minimum atomic E-state index is 0.288. The van der Waals surface area contributed by atoms with Crippen molar-refractivity contribution in [2.24, 2.45) is 0 Å². The summed E-state index contributed by atoms with van der Waals surface area (Å²) < 4.78 is 5.36.